The van der Waals surface area contributed by atoms with Crippen molar-refractivity contribution in [2.75, 3.05) is 31.3 Å². The van der Waals surface area contributed by atoms with Gasteiger partial charge in [0.2, 0.25) is 0 Å². The summed E-state index contributed by atoms with van der Waals surface area (Å²) in [5.74, 6) is 2.08. The van der Waals surface area contributed by atoms with Gasteiger partial charge in [-0.3, -0.25) is 0 Å². The average Bonchev–Trinajstić information content (AvgIpc) is 2.12. The monoisotopic (exact) mass is 278 g/mol. The minimum absolute atomic E-state index is 0.0803. The summed E-state index contributed by atoms with van der Waals surface area (Å²) in [7, 11) is -1.48. The van der Waals surface area contributed by atoms with Gasteiger partial charge >= 0.3 is 114 Å². The molecular formula is C15H35O2P. The summed E-state index contributed by atoms with van der Waals surface area (Å²) in [4.78, 5) is 0. The SMILES string of the molecule is CC(C)C[PH](CC(C)C)(CC(C)C)CC(O)CO. The molecule has 2 N–H and O–H groups in total. The third-order valence-corrected chi connectivity index (χ3v) is 9.79. The summed E-state index contributed by atoms with van der Waals surface area (Å²) in [6, 6.07) is 0. The Bertz CT molecular complexity index is 188. The van der Waals surface area contributed by atoms with E-state index in [1.807, 2.05) is 0 Å². The van der Waals surface area contributed by atoms with Gasteiger partial charge in [-0.25, -0.2) is 0 Å². The maximum atomic E-state index is 9.92. The van der Waals surface area contributed by atoms with Gasteiger partial charge in [0.1, 0.15) is 0 Å². The summed E-state index contributed by atoms with van der Waals surface area (Å²) in [5, 5.41) is 19.1. The van der Waals surface area contributed by atoms with Crippen LogP contribution < -0.4 is 0 Å². The molecule has 0 heterocycles. The van der Waals surface area contributed by atoms with E-state index in [1.54, 1.807) is 0 Å². The second-order valence-electron chi connectivity index (χ2n) is 7.33. The molecule has 0 spiro atoms. The fourth-order valence-corrected chi connectivity index (χ4v) is 11.0. The van der Waals surface area contributed by atoms with Gasteiger partial charge in [-0.05, 0) is 0 Å². The van der Waals surface area contributed by atoms with Crippen molar-refractivity contribution in [3.8, 4) is 0 Å². The zero-order valence-electron chi connectivity index (χ0n) is 13.2. The van der Waals surface area contributed by atoms with Crippen LogP contribution in [-0.2, 0) is 0 Å². The molecule has 1 unspecified atom stereocenters. The number of rotatable bonds is 9. The van der Waals surface area contributed by atoms with Crippen LogP contribution in [0.4, 0.5) is 0 Å². The van der Waals surface area contributed by atoms with E-state index in [2.05, 4.69) is 41.5 Å². The van der Waals surface area contributed by atoms with Crippen molar-refractivity contribution in [1.29, 1.82) is 0 Å². The van der Waals surface area contributed by atoms with Gasteiger partial charge < -0.3 is 0 Å². The van der Waals surface area contributed by atoms with Gasteiger partial charge in [0.15, 0.2) is 0 Å². The van der Waals surface area contributed by atoms with E-state index in [0.717, 1.165) is 6.16 Å². The maximum absolute atomic E-state index is 9.92. The van der Waals surface area contributed by atoms with Crippen molar-refractivity contribution in [2.24, 2.45) is 17.8 Å². The van der Waals surface area contributed by atoms with Crippen molar-refractivity contribution in [1.82, 2.24) is 0 Å². The predicted octanol–water partition coefficient (Wildman–Crippen LogP) is 3.06. The Balaban J connectivity index is 4.97. The van der Waals surface area contributed by atoms with Crippen LogP contribution in [0.5, 0.6) is 0 Å². The van der Waals surface area contributed by atoms with E-state index in [4.69, 9.17) is 0 Å². The van der Waals surface area contributed by atoms with Crippen LogP contribution in [0.2, 0.25) is 0 Å². The van der Waals surface area contributed by atoms with Crippen molar-refractivity contribution in [3.05, 3.63) is 0 Å². The van der Waals surface area contributed by atoms with Gasteiger partial charge in [0, 0.05) is 0 Å². The van der Waals surface area contributed by atoms with Crippen LogP contribution in [0.3, 0.4) is 0 Å². The Morgan fingerprint density at radius 1 is 0.722 bits per heavy atom. The molecule has 0 fully saturated rings. The van der Waals surface area contributed by atoms with E-state index in [9.17, 15) is 10.2 Å². The first-order valence-corrected chi connectivity index (χ1v) is 10.3. The number of hydrogen-bond acceptors (Lipinski definition) is 2. The molecule has 0 bridgehead atoms. The van der Waals surface area contributed by atoms with Crippen LogP contribution in [0.1, 0.15) is 41.5 Å². The summed E-state index contributed by atoms with van der Waals surface area (Å²) in [5.41, 5.74) is 0. The van der Waals surface area contributed by atoms with E-state index in [1.165, 1.54) is 18.5 Å². The van der Waals surface area contributed by atoms with E-state index in [0.29, 0.717) is 17.8 Å². The Morgan fingerprint density at radius 3 is 1.28 bits per heavy atom. The zero-order valence-corrected chi connectivity index (χ0v) is 14.2. The second-order valence-corrected chi connectivity index (χ2v) is 12.0. The molecule has 0 saturated carbocycles. The van der Waals surface area contributed by atoms with Gasteiger partial charge in [-0.15, -0.1) is 0 Å². The van der Waals surface area contributed by atoms with E-state index < -0.39 is 13.4 Å². The van der Waals surface area contributed by atoms with Gasteiger partial charge in [-0.2, -0.15) is 0 Å². The Kier molecular flexibility index (Phi) is 8.67. The third kappa shape index (κ3) is 7.71. The molecule has 0 rings (SSSR count). The first-order chi connectivity index (χ1) is 8.20. The quantitative estimate of drug-likeness (QED) is 0.636. The molecule has 18 heavy (non-hydrogen) atoms. The van der Waals surface area contributed by atoms with Crippen molar-refractivity contribution in [3.63, 3.8) is 0 Å². The topological polar surface area (TPSA) is 40.5 Å². The van der Waals surface area contributed by atoms with Gasteiger partial charge in [0.05, 0.1) is 0 Å². The van der Waals surface area contributed by atoms with Crippen LogP contribution >= 0.6 is 7.26 Å². The molecule has 1 atom stereocenters. The first kappa shape index (κ1) is 18.4. The van der Waals surface area contributed by atoms with E-state index in [-0.39, 0.29) is 6.61 Å². The second kappa shape index (κ2) is 8.51. The van der Waals surface area contributed by atoms with Crippen LogP contribution in [0, 0.1) is 17.8 Å². The van der Waals surface area contributed by atoms with Crippen molar-refractivity contribution < 1.29 is 10.2 Å². The molecule has 2 nitrogen and oxygen atoms in total. The number of aliphatic hydroxyl groups excluding tert-OH is 2. The van der Waals surface area contributed by atoms with E-state index >= 15 is 0 Å². The molecule has 3 heteroatoms. The summed E-state index contributed by atoms with van der Waals surface area (Å²) in [6.45, 7) is 13.6. The molecule has 112 valence electrons. The Hall–Kier alpha value is 0.350. The molecule has 0 aromatic heterocycles. The molecule has 0 aliphatic rings. The van der Waals surface area contributed by atoms with Crippen LogP contribution in [-0.4, -0.2) is 47.6 Å². The molecule has 0 saturated heterocycles. The van der Waals surface area contributed by atoms with Crippen molar-refractivity contribution >= 4 is 7.26 Å². The van der Waals surface area contributed by atoms with Crippen LogP contribution in [0.15, 0.2) is 0 Å². The summed E-state index contributed by atoms with van der Waals surface area (Å²) < 4.78 is 0. The Morgan fingerprint density at radius 2 is 1.06 bits per heavy atom. The normalized spacial score (nSPS) is 15.7. The zero-order chi connectivity index (χ0) is 14.3. The minimum atomic E-state index is -1.48. The number of aliphatic hydroxyl groups is 2. The molecule has 0 aromatic rings. The molecule has 0 amide bonds. The van der Waals surface area contributed by atoms with Gasteiger partial charge in [-0.1, -0.05) is 0 Å². The van der Waals surface area contributed by atoms with Crippen LogP contribution in [0.25, 0.3) is 0 Å². The molecule has 0 aromatic carbocycles. The summed E-state index contributed by atoms with van der Waals surface area (Å²) >= 11 is 0. The molecule has 0 aliphatic heterocycles. The average molecular weight is 278 g/mol. The molecule has 0 aliphatic carbocycles. The number of hydrogen-bond donors (Lipinski definition) is 2. The summed E-state index contributed by atoms with van der Waals surface area (Å²) in [6.07, 6.45) is 4.20. The molecular weight excluding hydrogens is 243 g/mol. The predicted molar refractivity (Wildman–Crippen MR) is 85.4 cm³/mol. The third-order valence-electron chi connectivity index (χ3n) is 3.40. The fraction of sp³-hybridized carbons (Fsp3) is 1.00. The van der Waals surface area contributed by atoms with Gasteiger partial charge in [0.25, 0.3) is 0 Å². The Labute approximate surface area is 115 Å². The fourth-order valence-electron chi connectivity index (χ4n) is 3.66. The standard InChI is InChI=1S/C15H35O2P/c1-12(2)8-18(9-13(3)4,10-14(5)6)11-15(17)7-16/h12-18H,7-11H2,1-6H3. The van der Waals surface area contributed by atoms with Crippen molar-refractivity contribution in [2.45, 2.75) is 47.6 Å². The first-order valence-electron chi connectivity index (χ1n) is 7.49. The molecule has 0 radical (unpaired) electrons.